The molecule has 2 heterocycles. The fraction of sp³-hybridized carbons (Fsp3) is 0.368. The second-order valence-corrected chi connectivity index (χ2v) is 8.72. The van der Waals surface area contributed by atoms with Crippen LogP contribution in [-0.2, 0) is 10.0 Å². The number of benzene rings is 1. The first kappa shape index (κ1) is 19.8. The second kappa shape index (κ2) is 7.94. The summed E-state index contributed by atoms with van der Waals surface area (Å²) in [4.78, 5) is 14.7. The standard InChI is InChI=1S/C19H22N4O4S/c1-22(28(2,25)26)14-6-8-16(17(12-14)23-10-4-3-5-11-23)21-19(24)18-9-7-15(13-20)27-18/h6-9,12H,3-5,10-11H2,1-2H3,(H,21,24). The van der Waals surface area contributed by atoms with E-state index in [9.17, 15) is 13.2 Å². The molecule has 0 aliphatic carbocycles. The summed E-state index contributed by atoms with van der Waals surface area (Å²) in [6, 6.07) is 9.83. The molecule has 8 nitrogen and oxygen atoms in total. The van der Waals surface area contributed by atoms with Crippen LogP contribution in [0.3, 0.4) is 0 Å². The summed E-state index contributed by atoms with van der Waals surface area (Å²) in [5.74, 6) is -0.367. The third-order valence-electron chi connectivity index (χ3n) is 4.73. The van der Waals surface area contributed by atoms with Gasteiger partial charge in [0.25, 0.3) is 5.91 Å². The molecule has 1 fully saturated rings. The van der Waals surface area contributed by atoms with Crippen molar-refractivity contribution in [3.05, 3.63) is 41.9 Å². The molecule has 2 aromatic rings. The van der Waals surface area contributed by atoms with Crippen LogP contribution in [0.1, 0.15) is 35.6 Å². The molecule has 3 rings (SSSR count). The molecule has 148 valence electrons. The van der Waals surface area contributed by atoms with Crippen LogP contribution in [0.15, 0.2) is 34.7 Å². The van der Waals surface area contributed by atoms with E-state index in [4.69, 9.17) is 9.68 Å². The van der Waals surface area contributed by atoms with Crippen molar-refractivity contribution in [3.63, 3.8) is 0 Å². The Labute approximate surface area is 164 Å². The van der Waals surface area contributed by atoms with E-state index < -0.39 is 15.9 Å². The van der Waals surface area contributed by atoms with E-state index in [2.05, 4.69) is 10.2 Å². The lowest BCUT2D eigenvalue weighted by molar-refractivity contribution is 0.0996. The molecule has 1 N–H and O–H groups in total. The van der Waals surface area contributed by atoms with Crippen molar-refractivity contribution in [2.45, 2.75) is 19.3 Å². The maximum atomic E-state index is 12.5. The normalized spacial score (nSPS) is 14.4. The van der Waals surface area contributed by atoms with Crippen LogP contribution in [0.25, 0.3) is 0 Å². The van der Waals surface area contributed by atoms with Crippen LogP contribution in [0.2, 0.25) is 0 Å². The van der Waals surface area contributed by atoms with Gasteiger partial charge in [0.15, 0.2) is 5.76 Å². The van der Waals surface area contributed by atoms with Gasteiger partial charge in [-0.15, -0.1) is 0 Å². The topological polar surface area (TPSA) is 107 Å². The number of nitrogens with one attached hydrogen (secondary N) is 1. The van der Waals surface area contributed by atoms with Crippen LogP contribution in [0.5, 0.6) is 0 Å². The highest BCUT2D eigenvalue weighted by Gasteiger charge is 2.21. The van der Waals surface area contributed by atoms with Gasteiger partial charge in [-0.1, -0.05) is 0 Å². The predicted molar refractivity (Wildman–Crippen MR) is 107 cm³/mol. The van der Waals surface area contributed by atoms with Gasteiger partial charge in [0.05, 0.1) is 23.3 Å². The number of piperidine rings is 1. The quantitative estimate of drug-likeness (QED) is 0.824. The van der Waals surface area contributed by atoms with E-state index in [-0.39, 0.29) is 11.5 Å². The number of furan rings is 1. The Kier molecular flexibility index (Phi) is 5.61. The molecule has 9 heteroatoms. The lowest BCUT2D eigenvalue weighted by atomic mass is 10.1. The Hall–Kier alpha value is -2.99. The molecular weight excluding hydrogens is 380 g/mol. The molecule has 1 aliphatic heterocycles. The molecule has 1 aliphatic rings. The zero-order valence-electron chi connectivity index (χ0n) is 15.8. The number of amides is 1. The fourth-order valence-electron chi connectivity index (χ4n) is 3.11. The average Bonchev–Trinajstić information content (AvgIpc) is 3.17. The molecule has 0 spiro atoms. The van der Waals surface area contributed by atoms with Crippen LogP contribution >= 0.6 is 0 Å². The van der Waals surface area contributed by atoms with Crippen LogP contribution < -0.4 is 14.5 Å². The van der Waals surface area contributed by atoms with Gasteiger partial charge in [-0.2, -0.15) is 5.26 Å². The summed E-state index contributed by atoms with van der Waals surface area (Å²) in [5, 5.41) is 11.7. The highest BCUT2D eigenvalue weighted by atomic mass is 32.2. The van der Waals surface area contributed by atoms with E-state index in [0.29, 0.717) is 11.4 Å². The minimum absolute atomic E-state index is 0.0403. The Morgan fingerprint density at radius 1 is 1.21 bits per heavy atom. The maximum absolute atomic E-state index is 12.5. The van der Waals surface area contributed by atoms with Crippen molar-refractivity contribution in [1.29, 1.82) is 5.26 Å². The van der Waals surface area contributed by atoms with Gasteiger partial charge < -0.3 is 14.6 Å². The third-order valence-corrected chi connectivity index (χ3v) is 5.93. The summed E-state index contributed by atoms with van der Waals surface area (Å²) >= 11 is 0. The van der Waals surface area contributed by atoms with E-state index in [1.54, 1.807) is 18.2 Å². The number of hydrogen-bond donors (Lipinski definition) is 1. The zero-order valence-corrected chi connectivity index (χ0v) is 16.6. The number of rotatable bonds is 5. The summed E-state index contributed by atoms with van der Waals surface area (Å²) in [5.41, 5.74) is 1.84. The number of hydrogen-bond acceptors (Lipinski definition) is 6. The number of anilines is 3. The SMILES string of the molecule is CN(c1ccc(NC(=O)c2ccc(C#N)o2)c(N2CCCCC2)c1)S(C)(=O)=O. The first-order chi connectivity index (χ1) is 13.3. The van der Waals surface area contributed by atoms with Crippen LogP contribution in [-0.4, -0.2) is 40.7 Å². The summed E-state index contributed by atoms with van der Waals surface area (Å²) in [6.45, 7) is 1.66. The lowest BCUT2D eigenvalue weighted by Crippen LogP contribution is -2.31. The smallest absolute Gasteiger partial charge is 0.291 e. The molecule has 1 aromatic heterocycles. The van der Waals surface area contributed by atoms with Crippen molar-refractivity contribution in [3.8, 4) is 6.07 Å². The number of carbonyl (C=O) groups excluding carboxylic acids is 1. The Bertz CT molecular complexity index is 1020. The first-order valence-electron chi connectivity index (χ1n) is 8.94. The molecule has 0 atom stereocenters. The molecular formula is C19H22N4O4S. The number of nitrogens with zero attached hydrogens (tertiary/aromatic N) is 3. The molecule has 0 bridgehead atoms. The zero-order chi connectivity index (χ0) is 20.3. The van der Waals surface area contributed by atoms with Crippen molar-refractivity contribution >= 4 is 33.0 Å². The molecule has 0 unspecified atom stereocenters. The van der Waals surface area contributed by atoms with E-state index >= 15 is 0 Å². The minimum Gasteiger partial charge on any atom is -0.440 e. The maximum Gasteiger partial charge on any atom is 0.291 e. The number of sulfonamides is 1. The minimum atomic E-state index is -3.40. The Morgan fingerprint density at radius 2 is 1.93 bits per heavy atom. The largest absolute Gasteiger partial charge is 0.440 e. The summed E-state index contributed by atoms with van der Waals surface area (Å²) in [7, 11) is -1.91. The lowest BCUT2D eigenvalue weighted by Gasteiger charge is -2.31. The summed E-state index contributed by atoms with van der Waals surface area (Å²) in [6.07, 6.45) is 4.35. The van der Waals surface area contributed by atoms with Gasteiger partial charge in [-0.3, -0.25) is 9.10 Å². The summed E-state index contributed by atoms with van der Waals surface area (Å²) < 4.78 is 30.2. The predicted octanol–water partition coefficient (Wildman–Crippen LogP) is 2.79. The van der Waals surface area contributed by atoms with Gasteiger partial charge in [0.1, 0.15) is 6.07 Å². The monoisotopic (exact) mass is 402 g/mol. The molecule has 1 saturated heterocycles. The van der Waals surface area contributed by atoms with Crippen molar-refractivity contribution in [2.75, 3.05) is 40.9 Å². The van der Waals surface area contributed by atoms with Crippen molar-refractivity contribution < 1.29 is 17.6 Å². The molecule has 0 saturated carbocycles. The first-order valence-corrected chi connectivity index (χ1v) is 10.8. The second-order valence-electron chi connectivity index (χ2n) is 6.71. The number of carbonyl (C=O) groups is 1. The van der Waals surface area contributed by atoms with Crippen molar-refractivity contribution in [2.24, 2.45) is 0 Å². The molecule has 1 aromatic carbocycles. The molecule has 0 radical (unpaired) electrons. The highest BCUT2D eigenvalue weighted by molar-refractivity contribution is 7.92. The van der Waals surface area contributed by atoms with Gasteiger partial charge in [0.2, 0.25) is 15.8 Å². The van der Waals surface area contributed by atoms with Crippen LogP contribution in [0.4, 0.5) is 17.1 Å². The molecule has 1 amide bonds. The highest BCUT2D eigenvalue weighted by Crippen LogP contribution is 2.33. The number of nitriles is 1. The van der Waals surface area contributed by atoms with Crippen molar-refractivity contribution in [1.82, 2.24) is 0 Å². The van der Waals surface area contributed by atoms with Gasteiger partial charge in [0, 0.05) is 20.1 Å². The van der Waals surface area contributed by atoms with Crippen LogP contribution in [0, 0.1) is 11.3 Å². The van der Waals surface area contributed by atoms with E-state index in [1.165, 1.54) is 23.5 Å². The Balaban J connectivity index is 1.94. The van der Waals surface area contributed by atoms with Gasteiger partial charge >= 0.3 is 0 Å². The van der Waals surface area contributed by atoms with Gasteiger partial charge in [-0.25, -0.2) is 8.42 Å². The molecule has 28 heavy (non-hydrogen) atoms. The van der Waals surface area contributed by atoms with Gasteiger partial charge in [-0.05, 0) is 49.6 Å². The van der Waals surface area contributed by atoms with E-state index in [1.807, 2.05) is 6.07 Å². The van der Waals surface area contributed by atoms with E-state index in [0.717, 1.165) is 44.3 Å². The average molecular weight is 402 g/mol. The Morgan fingerprint density at radius 3 is 2.54 bits per heavy atom. The fourth-order valence-corrected chi connectivity index (χ4v) is 3.61. The third kappa shape index (κ3) is 4.28.